The summed E-state index contributed by atoms with van der Waals surface area (Å²) in [5.74, 6) is -4.45. The van der Waals surface area contributed by atoms with Crippen molar-refractivity contribution in [2.75, 3.05) is 26.3 Å². The molecule has 0 heterocycles. The molecule has 0 aliphatic carbocycles. The second kappa shape index (κ2) is 19.4. The Hall–Kier alpha value is -3.91. The molecule has 3 atom stereocenters. The van der Waals surface area contributed by atoms with Gasteiger partial charge in [-0.25, -0.2) is 0 Å². The van der Waals surface area contributed by atoms with Crippen molar-refractivity contribution < 1.29 is 43.0 Å². The van der Waals surface area contributed by atoms with Crippen molar-refractivity contribution in [3.8, 4) is 0 Å². The molecular weight excluding hydrogens is 578 g/mol. The van der Waals surface area contributed by atoms with Crippen LogP contribution in [-0.2, 0) is 43.0 Å². The summed E-state index contributed by atoms with van der Waals surface area (Å²) < 4.78 is 15.9. The Bertz CT molecular complexity index is 1050. The minimum atomic E-state index is -1.52. The summed E-state index contributed by atoms with van der Waals surface area (Å²) in [6.45, 7) is 15.0. The van der Waals surface area contributed by atoms with Crippen LogP contribution in [0.4, 0.5) is 0 Å². The van der Waals surface area contributed by atoms with Gasteiger partial charge < -0.3 is 35.5 Å². The quantitative estimate of drug-likeness (QED) is 0.0565. The van der Waals surface area contributed by atoms with Crippen molar-refractivity contribution >= 4 is 35.6 Å². The Morgan fingerprint density at radius 1 is 0.750 bits per heavy atom. The van der Waals surface area contributed by atoms with Crippen molar-refractivity contribution in [1.29, 1.82) is 0 Å². The Balaban J connectivity index is 5.99. The van der Waals surface area contributed by atoms with E-state index < -0.39 is 77.7 Å². The molecule has 16 nitrogen and oxygen atoms in total. The van der Waals surface area contributed by atoms with Crippen LogP contribution in [-0.4, -0.2) is 91.2 Å². The third-order valence-corrected chi connectivity index (χ3v) is 5.19. The number of ether oxygens (including phenoxy) is 3. The molecule has 0 aromatic rings. The van der Waals surface area contributed by atoms with Crippen LogP contribution in [0.3, 0.4) is 0 Å². The first kappa shape index (κ1) is 40.1. The van der Waals surface area contributed by atoms with E-state index in [-0.39, 0.29) is 38.6 Å². The van der Waals surface area contributed by atoms with Crippen LogP contribution in [0.1, 0.15) is 81.6 Å². The van der Waals surface area contributed by atoms with Gasteiger partial charge in [0.25, 0.3) is 0 Å². The summed E-state index contributed by atoms with van der Waals surface area (Å²) in [7, 11) is 0. The third-order valence-electron chi connectivity index (χ3n) is 5.19. The number of rotatable bonds is 18. The highest BCUT2D eigenvalue weighted by molar-refractivity contribution is 5.96. The van der Waals surface area contributed by atoms with Crippen LogP contribution in [0, 0.1) is 5.92 Å². The average Bonchev–Trinajstić information content (AvgIpc) is 2.83. The zero-order chi connectivity index (χ0) is 34.1. The van der Waals surface area contributed by atoms with Gasteiger partial charge in [0.05, 0.1) is 26.1 Å². The molecule has 44 heavy (non-hydrogen) atoms. The van der Waals surface area contributed by atoms with Gasteiger partial charge in [0, 0.05) is 24.9 Å². The van der Waals surface area contributed by atoms with Gasteiger partial charge in [-0.1, -0.05) is 19.0 Å². The fraction of sp³-hybridized carbons (Fsp3) is 0.786. The number of amides is 4. The normalized spacial score (nSPS) is 13.4. The van der Waals surface area contributed by atoms with Crippen LogP contribution < -0.4 is 21.3 Å². The monoisotopic (exact) mass is 627 g/mol. The number of nitrogens with zero attached hydrogens (tertiary/aromatic N) is 3. The van der Waals surface area contributed by atoms with Gasteiger partial charge in [0.15, 0.2) is 0 Å². The first-order chi connectivity index (χ1) is 20.2. The molecule has 0 saturated heterocycles. The zero-order valence-corrected chi connectivity index (χ0v) is 27.3. The number of carbonyl (C=O) groups excluding carboxylic acids is 6. The van der Waals surface area contributed by atoms with E-state index in [1.54, 1.807) is 41.5 Å². The van der Waals surface area contributed by atoms with E-state index in [0.717, 1.165) is 0 Å². The molecule has 16 heteroatoms. The van der Waals surface area contributed by atoms with Crippen molar-refractivity contribution in [2.24, 2.45) is 11.0 Å². The lowest BCUT2D eigenvalue weighted by Gasteiger charge is -2.27. The summed E-state index contributed by atoms with van der Waals surface area (Å²) in [6.07, 6.45) is -0.897. The number of hydrogen-bond acceptors (Lipinski definition) is 10. The van der Waals surface area contributed by atoms with E-state index in [4.69, 9.17) is 19.7 Å². The summed E-state index contributed by atoms with van der Waals surface area (Å²) in [6, 6.07) is -3.96. The lowest BCUT2D eigenvalue weighted by molar-refractivity contribution is -0.158. The Labute approximate surface area is 258 Å². The molecule has 0 aromatic heterocycles. The van der Waals surface area contributed by atoms with Crippen molar-refractivity contribution in [3.05, 3.63) is 10.4 Å². The first-order valence-corrected chi connectivity index (χ1v) is 14.4. The summed E-state index contributed by atoms with van der Waals surface area (Å²) >= 11 is 0. The summed E-state index contributed by atoms with van der Waals surface area (Å²) in [4.78, 5) is 79.3. The van der Waals surface area contributed by atoms with Gasteiger partial charge in [-0.15, -0.1) is 0 Å². The van der Waals surface area contributed by atoms with Gasteiger partial charge >= 0.3 is 11.9 Å². The molecule has 250 valence electrons. The minimum absolute atomic E-state index is 0.000638. The maximum Gasteiger partial charge on any atom is 0.308 e. The maximum absolute atomic E-state index is 13.5. The molecule has 0 bridgehead atoms. The van der Waals surface area contributed by atoms with E-state index in [1.165, 1.54) is 6.92 Å². The lowest BCUT2D eigenvalue weighted by Crippen LogP contribution is -2.58. The smallest absolute Gasteiger partial charge is 0.308 e. The van der Waals surface area contributed by atoms with Crippen molar-refractivity contribution in [3.63, 3.8) is 0 Å². The SMILES string of the molecule is CC(=O)N[C@H](CC(C)C)C(=O)N[C@@H](CC(=O)OC(C)(C)C)C(=O)N[C@@H](CC(=O)OC(C)(C)C)C(=O)NCCOCCN=[N+]=[N-]. The van der Waals surface area contributed by atoms with Crippen LogP contribution in [0.5, 0.6) is 0 Å². The van der Waals surface area contributed by atoms with Crippen LogP contribution >= 0.6 is 0 Å². The molecule has 0 rings (SSSR count). The maximum atomic E-state index is 13.5. The Morgan fingerprint density at radius 3 is 1.66 bits per heavy atom. The number of azide groups is 1. The highest BCUT2D eigenvalue weighted by atomic mass is 16.6. The highest BCUT2D eigenvalue weighted by Crippen LogP contribution is 2.12. The predicted molar refractivity (Wildman–Crippen MR) is 160 cm³/mol. The first-order valence-electron chi connectivity index (χ1n) is 14.4. The average molecular weight is 628 g/mol. The molecule has 0 unspecified atom stereocenters. The van der Waals surface area contributed by atoms with E-state index in [1.807, 2.05) is 13.8 Å². The molecule has 0 saturated carbocycles. The molecule has 4 N–H and O–H groups in total. The number of hydrogen-bond donors (Lipinski definition) is 4. The van der Waals surface area contributed by atoms with Gasteiger partial charge in [0.2, 0.25) is 23.6 Å². The van der Waals surface area contributed by atoms with Crippen LogP contribution in [0.25, 0.3) is 10.4 Å². The number of carbonyl (C=O) groups is 6. The van der Waals surface area contributed by atoms with Gasteiger partial charge in [-0.3, -0.25) is 28.8 Å². The molecular formula is C28H49N7O9. The molecule has 0 aromatic carbocycles. The number of esters is 2. The fourth-order valence-corrected chi connectivity index (χ4v) is 3.63. The predicted octanol–water partition coefficient (Wildman–Crippen LogP) is 1.41. The Morgan fingerprint density at radius 2 is 1.23 bits per heavy atom. The second-order valence-corrected chi connectivity index (χ2v) is 12.4. The van der Waals surface area contributed by atoms with Gasteiger partial charge in [-0.2, -0.15) is 0 Å². The van der Waals surface area contributed by atoms with Gasteiger partial charge in [-0.05, 0) is 59.4 Å². The van der Waals surface area contributed by atoms with Crippen molar-refractivity contribution in [2.45, 2.75) is 111 Å². The van der Waals surface area contributed by atoms with Crippen LogP contribution in [0.2, 0.25) is 0 Å². The van der Waals surface area contributed by atoms with E-state index in [2.05, 4.69) is 31.3 Å². The molecule has 0 aliphatic rings. The van der Waals surface area contributed by atoms with E-state index >= 15 is 0 Å². The van der Waals surface area contributed by atoms with Crippen LogP contribution in [0.15, 0.2) is 5.11 Å². The summed E-state index contributed by atoms with van der Waals surface area (Å²) in [5.41, 5.74) is 6.55. The lowest BCUT2D eigenvalue weighted by atomic mass is 10.0. The zero-order valence-electron chi connectivity index (χ0n) is 27.3. The Kier molecular flexibility index (Phi) is 17.7. The molecule has 0 aliphatic heterocycles. The number of nitrogens with one attached hydrogen (secondary N) is 4. The minimum Gasteiger partial charge on any atom is -0.460 e. The molecule has 4 amide bonds. The fourth-order valence-electron chi connectivity index (χ4n) is 3.63. The highest BCUT2D eigenvalue weighted by Gasteiger charge is 2.34. The van der Waals surface area contributed by atoms with Crippen molar-refractivity contribution in [1.82, 2.24) is 21.3 Å². The largest absolute Gasteiger partial charge is 0.460 e. The summed E-state index contributed by atoms with van der Waals surface area (Å²) in [5, 5.41) is 13.3. The standard InChI is InChI=1S/C28H49N7O9/c1-17(2)14-19(32-18(3)36)25(40)34-21(16-23(38)44-28(7,8)9)26(41)33-20(15-22(37)43-27(4,5)6)24(39)30-10-12-42-13-11-31-35-29/h17,19-21H,10-16H2,1-9H3,(H,30,39)(H,32,36)(H,33,41)(H,34,40)/t19-,20+,21+/m1/s1. The molecule has 0 fully saturated rings. The van der Waals surface area contributed by atoms with E-state index in [0.29, 0.717) is 0 Å². The third kappa shape index (κ3) is 20.1. The molecule has 0 radical (unpaired) electrons. The second-order valence-electron chi connectivity index (χ2n) is 12.4. The van der Waals surface area contributed by atoms with Gasteiger partial charge in [0.1, 0.15) is 29.3 Å². The molecule has 0 spiro atoms. The van der Waals surface area contributed by atoms with E-state index in [9.17, 15) is 28.8 Å². The topological polar surface area (TPSA) is 227 Å².